The van der Waals surface area contributed by atoms with Gasteiger partial charge in [-0.05, 0) is 42.6 Å². The maximum Gasteiger partial charge on any atom is 0.255 e. The SMILES string of the molecule is Cc1cccc(C(=O)Nc2ccc(N3CCN(Cc4cccs4)CC3)nc2)c1. The van der Waals surface area contributed by atoms with Gasteiger partial charge in [-0.3, -0.25) is 9.69 Å². The third-order valence-corrected chi connectivity index (χ3v) is 5.80. The van der Waals surface area contributed by atoms with Gasteiger partial charge in [0, 0.05) is 43.2 Å². The first-order valence-electron chi connectivity index (χ1n) is 9.51. The number of pyridine rings is 1. The van der Waals surface area contributed by atoms with E-state index < -0.39 is 0 Å². The molecule has 1 aliphatic heterocycles. The molecule has 1 amide bonds. The van der Waals surface area contributed by atoms with Gasteiger partial charge in [0.15, 0.2) is 0 Å². The molecule has 2 aromatic heterocycles. The Balaban J connectivity index is 1.32. The van der Waals surface area contributed by atoms with E-state index in [1.807, 2.05) is 54.7 Å². The summed E-state index contributed by atoms with van der Waals surface area (Å²) < 4.78 is 0. The summed E-state index contributed by atoms with van der Waals surface area (Å²) in [5.74, 6) is 0.852. The van der Waals surface area contributed by atoms with Crippen LogP contribution in [0, 0.1) is 6.92 Å². The second kappa shape index (κ2) is 8.54. The summed E-state index contributed by atoms with van der Waals surface area (Å²) in [5.41, 5.74) is 2.44. The highest BCUT2D eigenvalue weighted by Gasteiger charge is 2.18. The summed E-state index contributed by atoms with van der Waals surface area (Å²) in [6.07, 6.45) is 1.74. The van der Waals surface area contributed by atoms with Gasteiger partial charge in [0.1, 0.15) is 5.82 Å². The first kappa shape index (κ1) is 18.7. The molecule has 1 aliphatic rings. The first-order valence-corrected chi connectivity index (χ1v) is 10.4. The smallest absolute Gasteiger partial charge is 0.255 e. The van der Waals surface area contributed by atoms with Gasteiger partial charge in [-0.25, -0.2) is 4.98 Å². The second-order valence-electron chi connectivity index (χ2n) is 7.07. The van der Waals surface area contributed by atoms with E-state index in [2.05, 4.69) is 37.6 Å². The van der Waals surface area contributed by atoms with Crippen molar-refractivity contribution < 1.29 is 4.79 Å². The Morgan fingerprint density at radius 1 is 1.11 bits per heavy atom. The number of anilines is 2. The number of rotatable bonds is 5. The maximum atomic E-state index is 12.4. The predicted molar refractivity (Wildman–Crippen MR) is 115 cm³/mol. The number of aromatic nitrogens is 1. The van der Waals surface area contributed by atoms with E-state index in [0.29, 0.717) is 11.3 Å². The number of thiophene rings is 1. The molecule has 1 saturated heterocycles. The normalized spacial score (nSPS) is 14.8. The van der Waals surface area contributed by atoms with E-state index in [1.54, 1.807) is 6.20 Å². The lowest BCUT2D eigenvalue weighted by Gasteiger charge is -2.35. The molecule has 1 N–H and O–H groups in total. The van der Waals surface area contributed by atoms with Crippen molar-refractivity contribution in [3.05, 3.63) is 76.1 Å². The minimum Gasteiger partial charge on any atom is -0.354 e. The minimum atomic E-state index is -0.111. The van der Waals surface area contributed by atoms with E-state index in [4.69, 9.17) is 0 Å². The highest BCUT2D eigenvalue weighted by molar-refractivity contribution is 7.09. The second-order valence-corrected chi connectivity index (χ2v) is 8.10. The van der Waals surface area contributed by atoms with Crippen molar-refractivity contribution in [2.45, 2.75) is 13.5 Å². The summed E-state index contributed by atoms with van der Waals surface area (Å²) in [6, 6.07) is 15.8. The maximum absolute atomic E-state index is 12.4. The average molecular weight is 393 g/mol. The lowest BCUT2D eigenvalue weighted by Crippen LogP contribution is -2.46. The van der Waals surface area contributed by atoms with Crippen LogP contribution in [0.2, 0.25) is 0 Å². The lowest BCUT2D eigenvalue weighted by molar-refractivity contribution is 0.102. The van der Waals surface area contributed by atoms with Crippen molar-refractivity contribution in [3.63, 3.8) is 0 Å². The highest BCUT2D eigenvalue weighted by Crippen LogP contribution is 2.19. The number of hydrogen-bond acceptors (Lipinski definition) is 5. The molecule has 0 spiro atoms. The monoisotopic (exact) mass is 392 g/mol. The Morgan fingerprint density at radius 2 is 1.96 bits per heavy atom. The van der Waals surface area contributed by atoms with Crippen LogP contribution in [0.25, 0.3) is 0 Å². The molecule has 3 heterocycles. The fraction of sp³-hybridized carbons (Fsp3) is 0.273. The number of carbonyl (C=O) groups is 1. The molecule has 1 fully saturated rings. The molecule has 4 rings (SSSR count). The van der Waals surface area contributed by atoms with Gasteiger partial charge in [-0.15, -0.1) is 11.3 Å². The Hall–Kier alpha value is -2.70. The number of nitrogens with one attached hydrogen (secondary N) is 1. The molecule has 5 nitrogen and oxygen atoms in total. The van der Waals surface area contributed by atoms with Crippen LogP contribution < -0.4 is 10.2 Å². The average Bonchev–Trinajstić information content (AvgIpc) is 3.22. The zero-order chi connectivity index (χ0) is 19.3. The quantitative estimate of drug-likeness (QED) is 0.712. The van der Waals surface area contributed by atoms with Crippen LogP contribution in [0.3, 0.4) is 0 Å². The van der Waals surface area contributed by atoms with Crippen LogP contribution in [-0.4, -0.2) is 42.0 Å². The van der Waals surface area contributed by atoms with E-state index in [1.165, 1.54) is 4.88 Å². The van der Waals surface area contributed by atoms with Gasteiger partial charge in [0.2, 0.25) is 0 Å². The van der Waals surface area contributed by atoms with Gasteiger partial charge in [0.25, 0.3) is 5.91 Å². The van der Waals surface area contributed by atoms with Crippen molar-refractivity contribution in [3.8, 4) is 0 Å². The molecule has 28 heavy (non-hydrogen) atoms. The predicted octanol–water partition coefficient (Wildman–Crippen LogP) is 4.03. The molecule has 6 heteroatoms. The highest BCUT2D eigenvalue weighted by atomic mass is 32.1. The van der Waals surface area contributed by atoms with Crippen LogP contribution in [0.4, 0.5) is 11.5 Å². The largest absolute Gasteiger partial charge is 0.354 e. The molecule has 0 saturated carbocycles. The Bertz CT molecular complexity index is 916. The summed E-state index contributed by atoms with van der Waals surface area (Å²) >= 11 is 1.82. The Morgan fingerprint density at radius 3 is 2.64 bits per heavy atom. The van der Waals surface area contributed by atoms with Crippen molar-refractivity contribution in [2.24, 2.45) is 0 Å². The number of nitrogens with zero attached hydrogens (tertiary/aromatic N) is 3. The third kappa shape index (κ3) is 4.58. The van der Waals surface area contributed by atoms with E-state index in [-0.39, 0.29) is 5.91 Å². The standard InChI is InChI=1S/C22H24N4OS/c1-17-4-2-5-18(14-17)22(27)24-19-7-8-21(23-15-19)26-11-9-25(10-12-26)16-20-6-3-13-28-20/h2-8,13-15H,9-12,16H2,1H3,(H,24,27). The lowest BCUT2D eigenvalue weighted by atomic mass is 10.1. The minimum absolute atomic E-state index is 0.111. The van der Waals surface area contributed by atoms with Crippen molar-refractivity contribution in [1.82, 2.24) is 9.88 Å². The molecular weight excluding hydrogens is 368 g/mol. The molecular formula is C22H24N4OS. The van der Waals surface area contributed by atoms with Crippen LogP contribution in [0.15, 0.2) is 60.1 Å². The van der Waals surface area contributed by atoms with Crippen molar-refractivity contribution in [2.75, 3.05) is 36.4 Å². The Labute approximate surface area is 169 Å². The molecule has 144 valence electrons. The van der Waals surface area contributed by atoms with Crippen LogP contribution in [0.5, 0.6) is 0 Å². The van der Waals surface area contributed by atoms with E-state index in [9.17, 15) is 4.79 Å². The molecule has 1 aromatic carbocycles. The fourth-order valence-corrected chi connectivity index (χ4v) is 4.14. The number of amides is 1. The molecule has 3 aromatic rings. The first-order chi connectivity index (χ1) is 13.7. The summed E-state index contributed by atoms with van der Waals surface area (Å²) in [7, 11) is 0. The molecule has 0 bridgehead atoms. The number of hydrogen-bond donors (Lipinski definition) is 1. The zero-order valence-corrected chi connectivity index (χ0v) is 16.8. The summed E-state index contributed by atoms with van der Waals surface area (Å²) in [4.78, 5) is 23.1. The number of aryl methyl sites for hydroxylation is 1. The van der Waals surface area contributed by atoms with Gasteiger partial charge in [-0.1, -0.05) is 23.8 Å². The topological polar surface area (TPSA) is 48.5 Å². The number of carbonyl (C=O) groups excluding carboxylic acids is 1. The van der Waals surface area contributed by atoms with E-state index >= 15 is 0 Å². The van der Waals surface area contributed by atoms with Crippen LogP contribution in [0.1, 0.15) is 20.8 Å². The van der Waals surface area contributed by atoms with Gasteiger partial charge >= 0.3 is 0 Å². The molecule has 0 aliphatic carbocycles. The van der Waals surface area contributed by atoms with Gasteiger partial charge < -0.3 is 10.2 Å². The van der Waals surface area contributed by atoms with Crippen molar-refractivity contribution >= 4 is 28.7 Å². The third-order valence-electron chi connectivity index (χ3n) is 4.94. The Kier molecular flexibility index (Phi) is 5.69. The molecule has 0 radical (unpaired) electrons. The number of benzene rings is 1. The van der Waals surface area contributed by atoms with Gasteiger partial charge in [-0.2, -0.15) is 0 Å². The number of piperazine rings is 1. The van der Waals surface area contributed by atoms with Crippen LogP contribution >= 0.6 is 11.3 Å². The van der Waals surface area contributed by atoms with Crippen molar-refractivity contribution in [1.29, 1.82) is 0 Å². The zero-order valence-electron chi connectivity index (χ0n) is 16.0. The molecule has 0 unspecified atom stereocenters. The molecule has 0 atom stereocenters. The summed E-state index contributed by atoms with van der Waals surface area (Å²) in [5, 5.41) is 5.05. The van der Waals surface area contributed by atoms with Gasteiger partial charge in [0.05, 0.1) is 11.9 Å². The van der Waals surface area contributed by atoms with Crippen LogP contribution in [-0.2, 0) is 6.54 Å². The summed E-state index contributed by atoms with van der Waals surface area (Å²) in [6.45, 7) is 7.01. The van der Waals surface area contributed by atoms with E-state index in [0.717, 1.165) is 44.1 Å². The fourth-order valence-electron chi connectivity index (χ4n) is 3.39.